The van der Waals surface area contributed by atoms with Gasteiger partial charge in [0.2, 0.25) is 0 Å². The zero-order chi connectivity index (χ0) is 13.3. The predicted molar refractivity (Wildman–Crippen MR) is 60.8 cm³/mol. The van der Waals surface area contributed by atoms with Crippen LogP contribution in [0, 0.1) is 0 Å². The fourth-order valence-corrected chi connectivity index (χ4v) is 2.09. The Morgan fingerprint density at radius 2 is 1.67 bits per heavy atom. The zero-order valence-electron chi connectivity index (χ0n) is 9.55. The largest absolute Gasteiger partial charge is 0.508 e. The van der Waals surface area contributed by atoms with Gasteiger partial charge in [-0.05, 0) is 6.07 Å². The summed E-state index contributed by atoms with van der Waals surface area (Å²) in [7, 11) is 0. The van der Waals surface area contributed by atoms with Crippen LogP contribution in [0.5, 0.6) is 5.75 Å². The van der Waals surface area contributed by atoms with E-state index >= 15 is 0 Å². The third kappa shape index (κ3) is 2.21. The van der Waals surface area contributed by atoms with E-state index in [0.29, 0.717) is 5.56 Å². The van der Waals surface area contributed by atoms with E-state index in [-0.39, 0.29) is 5.75 Å². The zero-order valence-corrected chi connectivity index (χ0v) is 9.55. The fraction of sp³-hybridized carbons (Fsp3) is 0.500. The van der Waals surface area contributed by atoms with Crippen molar-refractivity contribution in [1.82, 2.24) is 0 Å². The summed E-state index contributed by atoms with van der Waals surface area (Å²) in [6.07, 6.45) is -6.20. The van der Waals surface area contributed by atoms with Gasteiger partial charge in [-0.25, -0.2) is 0 Å². The van der Waals surface area contributed by atoms with E-state index in [9.17, 15) is 20.4 Å². The summed E-state index contributed by atoms with van der Waals surface area (Å²) < 4.78 is 5.33. The minimum Gasteiger partial charge on any atom is -0.508 e. The monoisotopic (exact) mass is 256 g/mol. The van der Waals surface area contributed by atoms with Crippen LogP contribution < -0.4 is 0 Å². The molecule has 1 saturated heterocycles. The number of ether oxygens (including phenoxy) is 1. The average Bonchev–Trinajstić information content (AvgIpc) is 2.38. The van der Waals surface area contributed by atoms with Crippen molar-refractivity contribution in [3.8, 4) is 5.75 Å². The number of phenols is 1. The summed E-state index contributed by atoms with van der Waals surface area (Å²) in [4.78, 5) is 0. The van der Waals surface area contributed by atoms with Crippen molar-refractivity contribution >= 4 is 0 Å². The van der Waals surface area contributed by atoms with Crippen molar-refractivity contribution in [2.75, 3.05) is 6.61 Å². The van der Waals surface area contributed by atoms with E-state index in [4.69, 9.17) is 9.84 Å². The molecule has 1 aromatic rings. The second-order valence-electron chi connectivity index (χ2n) is 4.31. The number of para-hydroxylation sites is 1. The molecule has 0 aromatic heterocycles. The standard InChI is InChI=1S/C12H16O6/c13-5-8-9(15)10(16)11(17)12(18-8)6-3-1-2-4-7(6)14/h1-4,8-17H,5H2/t8-,9-,10+,11-,12+/m1/s1. The van der Waals surface area contributed by atoms with Gasteiger partial charge in [0.05, 0.1) is 6.61 Å². The molecule has 100 valence electrons. The van der Waals surface area contributed by atoms with Crippen LogP contribution >= 0.6 is 0 Å². The van der Waals surface area contributed by atoms with Crippen molar-refractivity contribution < 1.29 is 30.3 Å². The first-order chi connectivity index (χ1) is 8.56. The summed E-state index contributed by atoms with van der Waals surface area (Å²) in [6, 6.07) is 6.23. The van der Waals surface area contributed by atoms with E-state index in [1.807, 2.05) is 0 Å². The first-order valence-corrected chi connectivity index (χ1v) is 5.64. The highest BCUT2D eigenvalue weighted by Gasteiger charge is 2.44. The Morgan fingerprint density at radius 3 is 2.28 bits per heavy atom. The number of benzene rings is 1. The van der Waals surface area contributed by atoms with E-state index in [2.05, 4.69) is 0 Å². The number of rotatable bonds is 2. The van der Waals surface area contributed by atoms with Gasteiger partial charge in [0.25, 0.3) is 0 Å². The summed E-state index contributed by atoms with van der Waals surface area (Å²) in [5, 5.41) is 47.9. The molecule has 6 heteroatoms. The van der Waals surface area contributed by atoms with Crippen LogP contribution in [0.15, 0.2) is 24.3 Å². The van der Waals surface area contributed by atoms with Crippen molar-refractivity contribution in [3.63, 3.8) is 0 Å². The van der Waals surface area contributed by atoms with E-state index < -0.39 is 37.1 Å². The minimum atomic E-state index is -1.44. The third-order valence-corrected chi connectivity index (χ3v) is 3.14. The first-order valence-electron chi connectivity index (χ1n) is 5.64. The van der Waals surface area contributed by atoms with Crippen molar-refractivity contribution in [2.24, 2.45) is 0 Å². The van der Waals surface area contributed by atoms with Crippen LogP contribution in [0.1, 0.15) is 11.7 Å². The Bertz CT molecular complexity index is 407. The lowest BCUT2D eigenvalue weighted by Gasteiger charge is -2.40. The Balaban J connectivity index is 2.30. The maximum absolute atomic E-state index is 9.87. The van der Waals surface area contributed by atoms with Crippen LogP contribution in [0.25, 0.3) is 0 Å². The Kier molecular flexibility index (Phi) is 3.84. The molecule has 2 rings (SSSR count). The SMILES string of the molecule is OC[C@H]1O[C@@H](c2ccccc2O)[C@H](O)[C@@H](O)[C@@H]1O. The highest BCUT2D eigenvalue weighted by molar-refractivity contribution is 5.35. The van der Waals surface area contributed by atoms with Gasteiger partial charge >= 0.3 is 0 Å². The normalized spacial score (nSPS) is 36.6. The van der Waals surface area contributed by atoms with Crippen molar-refractivity contribution in [3.05, 3.63) is 29.8 Å². The summed E-state index contributed by atoms with van der Waals surface area (Å²) in [5.41, 5.74) is 0.300. The van der Waals surface area contributed by atoms with Crippen molar-refractivity contribution in [2.45, 2.75) is 30.5 Å². The molecule has 1 fully saturated rings. The second-order valence-corrected chi connectivity index (χ2v) is 4.31. The summed E-state index contributed by atoms with van der Waals surface area (Å²) in [6.45, 7) is -0.491. The number of hydrogen-bond acceptors (Lipinski definition) is 6. The Morgan fingerprint density at radius 1 is 1.00 bits per heavy atom. The Labute approximate surface area is 104 Å². The summed E-state index contributed by atoms with van der Waals surface area (Å²) >= 11 is 0. The molecule has 0 saturated carbocycles. The van der Waals surface area contributed by atoms with Crippen molar-refractivity contribution in [1.29, 1.82) is 0 Å². The fourth-order valence-electron chi connectivity index (χ4n) is 2.09. The van der Waals surface area contributed by atoms with Gasteiger partial charge in [-0.1, -0.05) is 18.2 Å². The lowest BCUT2D eigenvalue weighted by atomic mass is 9.91. The second kappa shape index (κ2) is 5.21. The number of hydrogen-bond donors (Lipinski definition) is 5. The molecule has 18 heavy (non-hydrogen) atoms. The maximum atomic E-state index is 9.87. The number of aliphatic hydroxyl groups is 4. The third-order valence-electron chi connectivity index (χ3n) is 3.14. The summed E-state index contributed by atoms with van der Waals surface area (Å²) in [5.74, 6) is -0.0816. The lowest BCUT2D eigenvalue weighted by Crippen LogP contribution is -2.55. The van der Waals surface area contributed by atoms with Gasteiger partial charge in [0.1, 0.15) is 36.3 Å². The number of aliphatic hydroxyl groups excluding tert-OH is 4. The maximum Gasteiger partial charge on any atom is 0.121 e. The molecule has 0 unspecified atom stereocenters. The molecule has 1 aromatic carbocycles. The van der Waals surface area contributed by atoms with Crippen LogP contribution in [-0.4, -0.2) is 56.6 Å². The average molecular weight is 256 g/mol. The topological polar surface area (TPSA) is 110 Å². The highest BCUT2D eigenvalue weighted by Crippen LogP contribution is 2.36. The first kappa shape index (κ1) is 13.3. The molecular formula is C12H16O6. The van der Waals surface area contributed by atoms with E-state index in [1.165, 1.54) is 6.07 Å². The number of aromatic hydroxyl groups is 1. The lowest BCUT2D eigenvalue weighted by molar-refractivity contribution is -0.232. The van der Waals surface area contributed by atoms with E-state index in [1.54, 1.807) is 18.2 Å². The molecule has 0 bridgehead atoms. The molecule has 1 aliphatic rings. The van der Waals surface area contributed by atoms with Gasteiger partial charge in [-0.2, -0.15) is 0 Å². The van der Waals surface area contributed by atoms with Gasteiger partial charge in [-0.3, -0.25) is 0 Å². The minimum absolute atomic E-state index is 0.0816. The van der Waals surface area contributed by atoms with E-state index in [0.717, 1.165) is 0 Å². The Hall–Kier alpha value is -1.18. The molecule has 5 atom stereocenters. The molecular weight excluding hydrogens is 240 g/mol. The molecule has 1 heterocycles. The number of phenolic OH excluding ortho intramolecular Hbond substituents is 1. The van der Waals surface area contributed by atoms with Crippen LogP contribution in [0.2, 0.25) is 0 Å². The molecule has 5 N–H and O–H groups in total. The van der Waals surface area contributed by atoms with Crippen LogP contribution in [0.3, 0.4) is 0 Å². The molecule has 0 amide bonds. The molecule has 1 aliphatic heterocycles. The molecule has 0 aliphatic carbocycles. The highest BCUT2D eigenvalue weighted by atomic mass is 16.5. The van der Waals surface area contributed by atoms with Crippen LogP contribution in [0.4, 0.5) is 0 Å². The van der Waals surface area contributed by atoms with Gasteiger partial charge < -0.3 is 30.3 Å². The molecule has 0 radical (unpaired) electrons. The predicted octanol–water partition coefficient (Wildman–Crippen LogP) is -1.09. The smallest absolute Gasteiger partial charge is 0.121 e. The van der Waals surface area contributed by atoms with Gasteiger partial charge in [0.15, 0.2) is 0 Å². The van der Waals surface area contributed by atoms with Gasteiger partial charge in [-0.15, -0.1) is 0 Å². The van der Waals surface area contributed by atoms with Crippen LogP contribution in [-0.2, 0) is 4.74 Å². The molecule has 0 spiro atoms. The molecule has 6 nitrogen and oxygen atoms in total. The quantitative estimate of drug-likeness (QED) is 0.460. The van der Waals surface area contributed by atoms with Gasteiger partial charge in [0, 0.05) is 5.56 Å².